The third-order valence-electron chi connectivity index (χ3n) is 5.67. The van der Waals surface area contributed by atoms with Crippen LogP contribution >= 0.6 is 0 Å². The number of para-hydroxylation sites is 1. The van der Waals surface area contributed by atoms with Gasteiger partial charge in [0, 0.05) is 30.4 Å². The van der Waals surface area contributed by atoms with Gasteiger partial charge in [-0.25, -0.2) is 0 Å². The van der Waals surface area contributed by atoms with Crippen LogP contribution in [0.1, 0.15) is 37.5 Å². The van der Waals surface area contributed by atoms with E-state index in [1.165, 1.54) is 6.08 Å². The summed E-state index contributed by atoms with van der Waals surface area (Å²) in [6.07, 6.45) is 9.45. The van der Waals surface area contributed by atoms with Crippen molar-refractivity contribution in [3.63, 3.8) is 0 Å². The molecule has 0 radical (unpaired) electrons. The zero-order valence-electron chi connectivity index (χ0n) is 18.6. The molecule has 33 heavy (non-hydrogen) atoms. The number of nitrogens with zero attached hydrogens (tertiary/aromatic N) is 2. The maximum atomic E-state index is 11.9. The molecule has 1 amide bonds. The molecule has 0 spiro atoms. The number of aromatic nitrogens is 2. The molecular formula is C28H29N3O2. The van der Waals surface area contributed by atoms with Crippen LogP contribution in [-0.2, 0) is 4.79 Å². The molecule has 168 valence electrons. The zero-order valence-corrected chi connectivity index (χ0v) is 18.6. The van der Waals surface area contributed by atoms with E-state index in [-0.39, 0.29) is 5.91 Å². The Morgan fingerprint density at radius 1 is 1.00 bits per heavy atom. The Hall–Kier alpha value is -3.70. The molecule has 2 aromatic heterocycles. The Bertz CT molecular complexity index is 1200. The highest BCUT2D eigenvalue weighted by atomic mass is 16.3. The number of rotatable bonds is 10. The monoisotopic (exact) mass is 439 g/mol. The van der Waals surface area contributed by atoms with Crippen molar-refractivity contribution in [1.29, 1.82) is 0 Å². The van der Waals surface area contributed by atoms with Crippen LogP contribution in [0.15, 0.2) is 91.3 Å². The molecule has 2 heterocycles. The van der Waals surface area contributed by atoms with E-state index >= 15 is 0 Å². The number of unbranched alkanes of at least 4 members (excludes halogenated alkanes) is 2. The number of aliphatic hydroxyl groups excluding tert-OH is 1. The molecule has 0 fully saturated rings. The number of aliphatic hydroxyl groups is 1. The molecule has 0 saturated carbocycles. The predicted octanol–water partition coefficient (Wildman–Crippen LogP) is 5.58. The Morgan fingerprint density at radius 2 is 1.82 bits per heavy atom. The summed E-state index contributed by atoms with van der Waals surface area (Å²) in [5.74, 6) is -0.106. The van der Waals surface area contributed by atoms with Crippen molar-refractivity contribution in [3.8, 4) is 11.3 Å². The maximum Gasteiger partial charge on any atom is 0.243 e. The maximum absolute atomic E-state index is 11.9. The SMILES string of the molecule is O=C(/C=C/c1cccnc1)NCCCCCC(O)n1c(-c2ccccc2)cc2ccccc21. The molecule has 4 aromatic rings. The van der Waals surface area contributed by atoms with Crippen LogP contribution in [-0.4, -0.2) is 27.1 Å². The fourth-order valence-corrected chi connectivity index (χ4v) is 4.00. The van der Waals surface area contributed by atoms with Crippen LogP contribution in [0.5, 0.6) is 0 Å². The van der Waals surface area contributed by atoms with Crippen molar-refractivity contribution < 1.29 is 9.90 Å². The molecule has 0 bridgehead atoms. The molecule has 4 rings (SSSR count). The number of amides is 1. The molecule has 2 aromatic carbocycles. The Kier molecular flexibility index (Phi) is 7.67. The van der Waals surface area contributed by atoms with Gasteiger partial charge in [-0.15, -0.1) is 0 Å². The van der Waals surface area contributed by atoms with Crippen LogP contribution in [0, 0.1) is 0 Å². The minimum Gasteiger partial charge on any atom is -0.373 e. The van der Waals surface area contributed by atoms with E-state index in [1.807, 2.05) is 47.0 Å². The lowest BCUT2D eigenvalue weighted by molar-refractivity contribution is -0.116. The smallest absolute Gasteiger partial charge is 0.243 e. The van der Waals surface area contributed by atoms with Gasteiger partial charge in [0.1, 0.15) is 6.23 Å². The number of nitrogens with one attached hydrogen (secondary N) is 1. The number of hydrogen-bond acceptors (Lipinski definition) is 3. The minimum absolute atomic E-state index is 0.106. The second kappa shape index (κ2) is 11.2. The largest absolute Gasteiger partial charge is 0.373 e. The highest BCUT2D eigenvalue weighted by Crippen LogP contribution is 2.32. The topological polar surface area (TPSA) is 67.2 Å². The molecule has 5 heteroatoms. The van der Waals surface area contributed by atoms with E-state index in [0.29, 0.717) is 13.0 Å². The molecule has 0 aliphatic rings. The molecular weight excluding hydrogens is 410 g/mol. The van der Waals surface area contributed by atoms with Crippen LogP contribution in [0.4, 0.5) is 0 Å². The van der Waals surface area contributed by atoms with E-state index in [2.05, 4.69) is 40.6 Å². The predicted molar refractivity (Wildman–Crippen MR) is 133 cm³/mol. The standard InChI is InChI=1S/C28H29N3O2/c32-27(17-16-22-10-9-18-29-21-22)30-19-8-2-5-15-28(33)31-25-14-7-6-13-24(25)20-26(31)23-11-3-1-4-12-23/h1,3-4,6-7,9-14,16-18,20-21,28,33H,2,5,8,15,19H2,(H,30,32)/b17-16+. The summed E-state index contributed by atoms with van der Waals surface area (Å²) in [7, 11) is 0. The van der Waals surface area contributed by atoms with E-state index in [0.717, 1.165) is 47.0 Å². The highest BCUT2D eigenvalue weighted by Gasteiger charge is 2.16. The van der Waals surface area contributed by atoms with Crippen molar-refractivity contribution in [1.82, 2.24) is 14.9 Å². The van der Waals surface area contributed by atoms with Gasteiger partial charge in [0.25, 0.3) is 0 Å². The van der Waals surface area contributed by atoms with E-state index in [1.54, 1.807) is 18.5 Å². The lowest BCUT2D eigenvalue weighted by Crippen LogP contribution is -2.22. The molecule has 1 atom stereocenters. The number of carbonyl (C=O) groups excluding carboxylic acids is 1. The molecule has 0 saturated heterocycles. The average molecular weight is 440 g/mol. The van der Waals surface area contributed by atoms with Gasteiger partial charge in [-0.3, -0.25) is 9.78 Å². The fourth-order valence-electron chi connectivity index (χ4n) is 4.00. The number of carbonyl (C=O) groups is 1. The van der Waals surface area contributed by atoms with Gasteiger partial charge < -0.3 is 15.0 Å². The summed E-state index contributed by atoms with van der Waals surface area (Å²) in [5.41, 5.74) is 4.05. The number of benzene rings is 2. The molecule has 0 aliphatic heterocycles. The fraction of sp³-hybridized carbons (Fsp3) is 0.214. The van der Waals surface area contributed by atoms with Gasteiger partial charge in [-0.1, -0.05) is 61.0 Å². The van der Waals surface area contributed by atoms with Gasteiger partial charge >= 0.3 is 0 Å². The Labute approximate surface area is 194 Å². The number of pyridine rings is 1. The highest BCUT2D eigenvalue weighted by molar-refractivity contribution is 5.91. The first-order chi connectivity index (χ1) is 16.2. The number of fused-ring (bicyclic) bond motifs is 1. The molecule has 1 unspecified atom stereocenters. The van der Waals surface area contributed by atoms with Crippen LogP contribution in [0.25, 0.3) is 28.2 Å². The van der Waals surface area contributed by atoms with Crippen molar-refractivity contribution in [2.45, 2.75) is 31.9 Å². The molecule has 5 nitrogen and oxygen atoms in total. The van der Waals surface area contributed by atoms with Crippen LogP contribution in [0.3, 0.4) is 0 Å². The lowest BCUT2D eigenvalue weighted by Gasteiger charge is -2.18. The quantitative estimate of drug-likeness (QED) is 0.250. The summed E-state index contributed by atoms with van der Waals surface area (Å²) in [5, 5.41) is 15.1. The van der Waals surface area contributed by atoms with Crippen molar-refractivity contribution in [2.75, 3.05) is 6.54 Å². The summed E-state index contributed by atoms with van der Waals surface area (Å²) in [6.45, 7) is 0.619. The van der Waals surface area contributed by atoms with Gasteiger partial charge in [0.15, 0.2) is 0 Å². The minimum atomic E-state index is -0.600. The first-order valence-corrected chi connectivity index (χ1v) is 11.4. The van der Waals surface area contributed by atoms with Crippen LogP contribution in [0.2, 0.25) is 0 Å². The van der Waals surface area contributed by atoms with Gasteiger partial charge in [0.05, 0.1) is 11.2 Å². The van der Waals surface area contributed by atoms with Gasteiger partial charge in [0.2, 0.25) is 5.91 Å². The van der Waals surface area contributed by atoms with E-state index in [4.69, 9.17) is 0 Å². The lowest BCUT2D eigenvalue weighted by atomic mass is 10.1. The Balaban J connectivity index is 1.28. The van der Waals surface area contributed by atoms with Crippen molar-refractivity contribution >= 4 is 22.9 Å². The van der Waals surface area contributed by atoms with Gasteiger partial charge in [-0.2, -0.15) is 0 Å². The summed E-state index contributed by atoms with van der Waals surface area (Å²) >= 11 is 0. The summed E-state index contributed by atoms with van der Waals surface area (Å²) in [6, 6.07) is 24.2. The van der Waals surface area contributed by atoms with Gasteiger partial charge in [-0.05, 0) is 54.7 Å². The van der Waals surface area contributed by atoms with E-state index < -0.39 is 6.23 Å². The molecule has 2 N–H and O–H groups in total. The van der Waals surface area contributed by atoms with Crippen molar-refractivity contribution in [3.05, 3.63) is 96.8 Å². The normalized spacial score (nSPS) is 12.3. The second-order valence-corrected chi connectivity index (χ2v) is 8.07. The second-order valence-electron chi connectivity index (χ2n) is 8.07. The third-order valence-corrected chi connectivity index (χ3v) is 5.67. The van der Waals surface area contributed by atoms with E-state index in [9.17, 15) is 9.90 Å². The number of hydrogen-bond donors (Lipinski definition) is 2. The summed E-state index contributed by atoms with van der Waals surface area (Å²) < 4.78 is 2.04. The molecule has 0 aliphatic carbocycles. The average Bonchev–Trinajstić information content (AvgIpc) is 3.26. The van der Waals surface area contributed by atoms with Crippen LogP contribution < -0.4 is 5.32 Å². The third kappa shape index (κ3) is 5.96. The Morgan fingerprint density at radius 3 is 2.64 bits per heavy atom. The first-order valence-electron chi connectivity index (χ1n) is 11.4. The summed E-state index contributed by atoms with van der Waals surface area (Å²) in [4.78, 5) is 16.0. The van der Waals surface area contributed by atoms with Crippen molar-refractivity contribution in [2.24, 2.45) is 0 Å². The first kappa shape index (κ1) is 22.5. The zero-order chi connectivity index (χ0) is 22.9.